The maximum atomic E-state index is 12.9. The third-order valence-corrected chi connectivity index (χ3v) is 5.21. The van der Waals surface area contributed by atoms with Crippen LogP contribution in [0.4, 0.5) is 5.69 Å². The number of hydrogen-bond donors (Lipinski definition) is 1. The summed E-state index contributed by atoms with van der Waals surface area (Å²) in [6.45, 7) is 3.01. The molecule has 1 unspecified atom stereocenters. The smallest absolute Gasteiger partial charge is 0.286 e. The van der Waals surface area contributed by atoms with E-state index in [-0.39, 0.29) is 28.8 Å². The molecule has 1 N–H and O–H groups in total. The number of carbonyl (C=O) groups excluding carboxylic acids is 1. The Balaban J connectivity index is 1.85. The number of nitrogens with one attached hydrogen (secondary N) is 1. The number of benzene rings is 1. The Hall–Kier alpha value is -3.11. The van der Waals surface area contributed by atoms with Crippen LogP contribution in [0.2, 0.25) is 0 Å². The van der Waals surface area contributed by atoms with Crippen LogP contribution >= 0.6 is 0 Å². The Morgan fingerprint density at radius 1 is 1.27 bits per heavy atom. The minimum atomic E-state index is -0.604. The second kappa shape index (κ2) is 9.59. The lowest BCUT2D eigenvalue weighted by molar-refractivity contribution is -0.385. The summed E-state index contributed by atoms with van der Waals surface area (Å²) in [5.74, 6) is -0.105. The summed E-state index contributed by atoms with van der Waals surface area (Å²) in [6.07, 6.45) is 1.95. The third-order valence-electron chi connectivity index (χ3n) is 5.21. The summed E-state index contributed by atoms with van der Waals surface area (Å²) in [5.41, 5.74) is 0.621. The average molecular weight is 418 g/mol. The zero-order valence-corrected chi connectivity index (χ0v) is 17.3. The number of aromatic nitrogens is 1. The largest absolute Gasteiger partial charge is 0.493 e. The number of morpholine rings is 1. The van der Waals surface area contributed by atoms with Crippen LogP contribution in [0.15, 0.2) is 30.5 Å². The van der Waals surface area contributed by atoms with E-state index in [2.05, 4.69) is 10.2 Å². The number of nitro benzene ring substituents is 1. The molecule has 1 aromatic heterocycles. The fourth-order valence-corrected chi connectivity index (χ4v) is 3.62. The normalized spacial score (nSPS) is 15.4. The molecule has 1 fully saturated rings. The van der Waals surface area contributed by atoms with Crippen molar-refractivity contribution in [3.05, 3.63) is 51.8 Å². The molecule has 2 heterocycles. The van der Waals surface area contributed by atoms with Crippen molar-refractivity contribution in [1.82, 2.24) is 14.8 Å². The fraction of sp³-hybridized carbons (Fsp3) is 0.450. The number of nitrogens with zero attached hydrogens (tertiary/aromatic N) is 3. The number of methoxy groups -OCH3 is 2. The van der Waals surface area contributed by atoms with E-state index in [0.29, 0.717) is 19.8 Å². The first-order valence-electron chi connectivity index (χ1n) is 9.58. The molecule has 2 aromatic rings. The van der Waals surface area contributed by atoms with Crippen LogP contribution in [0.3, 0.4) is 0 Å². The zero-order valence-electron chi connectivity index (χ0n) is 17.3. The summed E-state index contributed by atoms with van der Waals surface area (Å²) >= 11 is 0. The van der Waals surface area contributed by atoms with E-state index < -0.39 is 10.8 Å². The highest BCUT2D eigenvalue weighted by molar-refractivity contribution is 5.99. The van der Waals surface area contributed by atoms with Gasteiger partial charge in [-0.25, -0.2) is 0 Å². The van der Waals surface area contributed by atoms with Gasteiger partial charge in [0.05, 0.1) is 44.5 Å². The van der Waals surface area contributed by atoms with Crippen LogP contribution in [-0.4, -0.2) is 67.4 Å². The highest BCUT2D eigenvalue weighted by atomic mass is 16.6. The summed E-state index contributed by atoms with van der Waals surface area (Å²) in [6, 6.07) is 6.40. The molecule has 3 rings (SSSR count). The molecule has 1 aromatic carbocycles. The Kier molecular flexibility index (Phi) is 6.91. The number of amides is 1. The van der Waals surface area contributed by atoms with Gasteiger partial charge >= 0.3 is 0 Å². The molecular formula is C20H26N4O6. The number of ether oxygens (including phenoxy) is 3. The van der Waals surface area contributed by atoms with Gasteiger partial charge in [-0.1, -0.05) is 0 Å². The van der Waals surface area contributed by atoms with Crippen LogP contribution in [0.25, 0.3) is 0 Å². The van der Waals surface area contributed by atoms with Gasteiger partial charge in [0.15, 0.2) is 11.5 Å². The SMILES string of the molecule is COc1cc(C(=O)NCC(c2cccn2C)N2CCOCC2)c([N+](=O)[O-])cc1OC. The van der Waals surface area contributed by atoms with E-state index in [1.54, 1.807) is 0 Å². The Bertz CT molecular complexity index is 907. The van der Waals surface area contributed by atoms with E-state index in [4.69, 9.17) is 14.2 Å². The van der Waals surface area contributed by atoms with Crippen molar-refractivity contribution in [2.75, 3.05) is 47.1 Å². The van der Waals surface area contributed by atoms with Crippen LogP contribution in [0.1, 0.15) is 22.1 Å². The molecule has 1 amide bonds. The molecule has 0 bridgehead atoms. The zero-order chi connectivity index (χ0) is 21.7. The number of aryl methyl sites for hydroxylation is 1. The van der Waals surface area contributed by atoms with E-state index in [9.17, 15) is 14.9 Å². The average Bonchev–Trinajstić information content (AvgIpc) is 3.19. The predicted octanol–water partition coefficient (Wildman–Crippen LogP) is 1.75. The summed E-state index contributed by atoms with van der Waals surface area (Å²) in [7, 11) is 4.74. The van der Waals surface area contributed by atoms with Gasteiger partial charge in [-0.05, 0) is 12.1 Å². The minimum Gasteiger partial charge on any atom is -0.493 e. The van der Waals surface area contributed by atoms with Crippen molar-refractivity contribution >= 4 is 11.6 Å². The second-order valence-electron chi connectivity index (χ2n) is 6.90. The Morgan fingerprint density at radius 3 is 2.50 bits per heavy atom. The lowest BCUT2D eigenvalue weighted by Crippen LogP contribution is -2.44. The molecular weight excluding hydrogens is 392 g/mol. The Labute approximate surface area is 174 Å². The maximum absolute atomic E-state index is 12.9. The number of rotatable bonds is 8. The van der Waals surface area contributed by atoms with Crippen LogP contribution in [0, 0.1) is 10.1 Å². The highest BCUT2D eigenvalue weighted by Crippen LogP contribution is 2.34. The highest BCUT2D eigenvalue weighted by Gasteiger charge is 2.28. The van der Waals surface area contributed by atoms with Gasteiger partial charge in [-0.15, -0.1) is 0 Å². The van der Waals surface area contributed by atoms with E-state index in [1.807, 2.05) is 29.9 Å². The molecule has 30 heavy (non-hydrogen) atoms. The van der Waals surface area contributed by atoms with Crippen LogP contribution in [0.5, 0.6) is 11.5 Å². The fourth-order valence-electron chi connectivity index (χ4n) is 3.62. The lowest BCUT2D eigenvalue weighted by atomic mass is 10.1. The first-order chi connectivity index (χ1) is 14.5. The summed E-state index contributed by atoms with van der Waals surface area (Å²) in [5, 5.41) is 14.4. The molecule has 1 atom stereocenters. The molecule has 0 radical (unpaired) electrons. The summed E-state index contributed by atoms with van der Waals surface area (Å²) < 4.78 is 17.8. The number of carbonyl (C=O) groups is 1. The maximum Gasteiger partial charge on any atom is 0.286 e. The number of nitro groups is 1. The van der Waals surface area contributed by atoms with Gasteiger partial charge in [0.25, 0.3) is 11.6 Å². The van der Waals surface area contributed by atoms with Crippen LogP contribution in [-0.2, 0) is 11.8 Å². The van der Waals surface area contributed by atoms with E-state index >= 15 is 0 Å². The summed E-state index contributed by atoms with van der Waals surface area (Å²) in [4.78, 5) is 26.1. The van der Waals surface area contributed by atoms with Crippen molar-refractivity contribution in [3.8, 4) is 11.5 Å². The molecule has 10 nitrogen and oxygen atoms in total. The molecule has 0 saturated carbocycles. The molecule has 1 aliphatic rings. The van der Waals surface area contributed by atoms with Crippen molar-refractivity contribution in [2.45, 2.75) is 6.04 Å². The first kappa shape index (κ1) is 21.6. The van der Waals surface area contributed by atoms with Crippen molar-refractivity contribution in [2.24, 2.45) is 7.05 Å². The van der Waals surface area contributed by atoms with Crippen LogP contribution < -0.4 is 14.8 Å². The lowest BCUT2D eigenvalue weighted by Gasteiger charge is -2.35. The third kappa shape index (κ3) is 4.55. The van der Waals surface area contributed by atoms with Crippen molar-refractivity contribution in [1.29, 1.82) is 0 Å². The van der Waals surface area contributed by atoms with Gasteiger partial charge in [0, 0.05) is 44.6 Å². The molecule has 1 aliphatic heterocycles. The van der Waals surface area contributed by atoms with Gasteiger partial charge in [0.1, 0.15) is 5.56 Å². The van der Waals surface area contributed by atoms with E-state index in [1.165, 1.54) is 26.4 Å². The molecule has 0 aliphatic carbocycles. The van der Waals surface area contributed by atoms with Gasteiger partial charge in [0.2, 0.25) is 0 Å². The van der Waals surface area contributed by atoms with Gasteiger partial charge in [-0.3, -0.25) is 19.8 Å². The van der Waals surface area contributed by atoms with Gasteiger partial charge < -0.3 is 24.1 Å². The van der Waals surface area contributed by atoms with Crippen molar-refractivity contribution in [3.63, 3.8) is 0 Å². The molecule has 1 saturated heterocycles. The molecule has 0 spiro atoms. The first-order valence-corrected chi connectivity index (χ1v) is 9.58. The standard InChI is InChI=1S/C20H26N4O6/c1-22-6-4-5-15(22)17(23-7-9-30-10-8-23)13-21-20(25)14-11-18(28-2)19(29-3)12-16(14)24(26)27/h4-6,11-12,17H,7-10,13H2,1-3H3,(H,21,25). The second-order valence-corrected chi connectivity index (χ2v) is 6.90. The Morgan fingerprint density at radius 2 is 1.93 bits per heavy atom. The molecule has 162 valence electrons. The minimum absolute atomic E-state index is 0.0785. The van der Waals surface area contributed by atoms with Gasteiger partial charge in [-0.2, -0.15) is 0 Å². The van der Waals surface area contributed by atoms with Crippen molar-refractivity contribution < 1.29 is 23.9 Å². The topological polar surface area (TPSA) is 108 Å². The van der Waals surface area contributed by atoms with E-state index in [0.717, 1.165) is 18.8 Å². The monoisotopic (exact) mass is 418 g/mol. The predicted molar refractivity (Wildman–Crippen MR) is 109 cm³/mol. The quantitative estimate of drug-likeness (QED) is 0.514. The number of hydrogen-bond acceptors (Lipinski definition) is 7. The molecule has 10 heteroatoms.